The van der Waals surface area contributed by atoms with Gasteiger partial charge in [0.25, 0.3) is 0 Å². The van der Waals surface area contributed by atoms with Crippen LogP contribution in [0.15, 0.2) is 36.1 Å². The second kappa shape index (κ2) is 4.82. The number of rotatable bonds is 3. The molecule has 1 saturated heterocycles. The quantitative estimate of drug-likeness (QED) is 0.557. The van der Waals surface area contributed by atoms with Crippen molar-refractivity contribution in [3.05, 3.63) is 36.1 Å². The van der Waals surface area contributed by atoms with Crippen molar-refractivity contribution in [1.29, 1.82) is 0 Å². The SMILES string of the molecule is C=C(/C=C1/COCC1=C)O[Si](C)(C)C(C)(C)C. The van der Waals surface area contributed by atoms with Gasteiger partial charge in [-0.1, -0.05) is 33.9 Å². The van der Waals surface area contributed by atoms with Crippen LogP contribution in [0.25, 0.3) is 0 Å². The van der Waals surface area contributed by atoms with Gasteiger partial charge in [-0.25, -0.2) is 0 Å². The molecule has 1 aliphatic heterocycles. The van der Waals surface area contributed by atoms with E-state index in [4.69, 9.17) is 9.16 Å². The summed E-state index contributed by atoms with van der Waals surface area (Å²) in [5, 5.41) is 0.192. The van der Waals surface area contributed by atoms with Gasteiger partial charge in [0.1, 0.15) is 0 Å². The second-order valence-electron chi connectivity index (χ2n) is 6.09. The van der Waals surface area contributed by atoms with Gasteiger partial charge in [0.2, 0.25) is 8.32 Å². The Morgan fingerprint density at radius 2 is 1.94 bits per heavy atom. The predicted octanol–water partition coefficient (Wildman–Crippen LogP) is 4.03. The summed E-state index contributed by atoms with van der Waals surface area (Å²) >= 11 is 0. The zero-order valence-corrected chi connectivity index (χ0v) is 12.7. The van der Waals surface area contributed by atoms with E-state index >= 15 is 0 Å². The van der Waals surface area contributed by atoms with Crippen molar-refractivity contribution in [2.24, 2.45) is 0 Å². The molecule has 0 unspecified atom stereocenters. The lowest BCUT2D eigenvalue weighted by Crippen LogP contribution is -2.40. The average molecular weight is 252 g/mol. The van der Waals surface area contributed by atoms with Crippen molar-refractivity contribution in [2.45, 2.75) is 38.9 Å². The highest BCUT2D eigenvalue weighted by molar-refractivity contribution is 6.74. The van der Waals surface area contributed by atoms with E-state index in [0.717, 1.165) is 16.9 Å². The molecule has 17 heavy (non-hydrogen) atoms. The molecule has 0 radical (unpaired) electrons. The summed E-state index contributed by atoms with van der Waals surface area (Å²) in [6, 6.07) is 0. The van der Waals surface area contributed by atoms with E-state index < -0.39 is 8.32 Å². The zero-order chi connectivity index (χ0) is 13.3. The fourth-order valence-corrected chi connectivity index (χ4v) is 2.35. The summed E-state index contributed by atoms with van der Waals surface area (Å²) in [5.74, 6) is 0.734. The first-order chi connectivity index (χ1) is 7.63. The molecule has 0 spiro atoms. The van der Waals surface area contributed by atoms with Crippen LogP contribution < -0.4 is 0 Å². The van der Waals surface area contributed by atoms with Crippen LogP contribution in [0.2, 0.25) is 18.1 Å². The minimum Gasteiger partial charge on any atom is -0.544 e. The number of ether oxygens (including phenoxy) is 1. The third-order valence-electron chi connectivity index (χ3n) is 3.52. The van der Waals surface area contributed by atoms with E-state index in [0.29, 0.717) is 13.2 Å². The highest BCUT2D eigenvalue weighted by atomic mass is 28.4. The van der Waals surface area contributed by atoms with Gasteiger partial charge >= 0.3 is 0 Å². The minimum absolute atomic E-state index is 0.192. The lowest BCUT2D eigenvalue weighted by molar-refractivity contribution is 0.215. The van der Waals surface area contributed by atoms with Crippen LogP contribution in [0.3, 0.4) is 0 Å². The zero-order valence-electron chi connectivity index (χ0n) is 11.7. The summed E-state index contributed by atoms with van der Waals surface area (Å²) in [7, 11) is -1.78. The van der Waals surface area contributed by atoms with Crippen molar-refractivity contribution >= 4 is 8.32 Å². The molecule has 1 aliphatic rings. The molecule has 0 aromatic carbocycles. The minimum atomic E-state index is -1.78. The van der Waals surface area contributed by atoms with Crippen LogP contribution in [-0.2, 0) is 9.16 Å². The summed E-state index contributed by atoms with van der Waals surface area (Å²) in [5.41, 5.74) is 2.14. The third kappa shape index (κ3) is 3.58. The topological polar surface area (TPSA) is 18.5 Å². The predicted molar refractivity (Wildman–Crippen MR) is 75.5 cm³/mol. The van der Waals surface area contributed by atoms with Crippen molar-refractivity contribution in [1.82, 2.24) is 0 Å². The van der Waals surface area contributed by atoms with Gasteiger partial charge in [0.15, 0.2) is 0 Å². The Balaban J connectivity index is 2.71. The van der Waals surface area contributed by atoms with Crippen LogP contribution in [-0.4, -0.2) is 21.5 Å². The van der Waals surface area contributed by atoms with Crippen LogP contribution >= 0.6 is 0 Å². The summed E-state index contributed by atoms with van der Waals surface area (Å²) in [4.78, 5) is 0. The molecule has 0 bridgehead atoms. The molecule has 0 amide bonds. The van der Waals surface area contributed by atoms with E-state index in [9.17, 15) is 0 Å². The van der Waals surface area contributed by atoms with Crippen LogP contribution in [0.5, 0.6) is 0 Å². The van der Waals surface area contributed by atoms with Gasteiger partial charge in [-0.2, -0.15) is 0 Å². The summed E-state index contributed by atoms with van der Waals surface area (Å²) in [6.07, 6.45) is 1.97. The Morgan fingerprint density at radius 1 is 1.35 bits per heavy atom. The van der Waals surface area contributed by atoms with E-state index in [-0.39, 0.29) is 5.04 Å². The average Bonchev–Trinajstić information content (AvgIpc) is 2.48. The summed E-state index contributed by atoms with van der Waals surface area (Å²) < 4.78 is 11.4. The smallest absolute Gasteiger partial charge is 0.250 e. The van der Waals surface area contributed by atoms with Crippen LogP contribution in [0, 0.1) is 0 Å². The number of allylic oxidation sites excluding steroid dienone is 1. The van der Waals surface area contributed by atoms with E-state index in [1.165, 1.54) is 0 Å². The Hall–Kier alpha value is -0.803. The maximum atomic E-state index is 6.08. The van der Waals surface area contributed by atoms with Gasteiger partial charge in [-0.05, 0) is 35.4 Å². The first-order valence-electron chi connectivity index (χ1n) is 5.98. The lowest BCUT2D eigenvalue weighted by atomic mass is 10.1. The number of hydrogen-bond acceptors (Lipinski definition) is 2. The van der Waals surface area contributed by atoms with Crippen molar-refractivity contribution in [3.63, 3.8) is 0 Å². The first kappa shape index (κ1) is 14.3. The lowest BCUT2D eigenvalue weighted by Gasteiger charge is -2.36. The molecule has 0 N–H and O–H groups in total. The summed E-state index contributed by atoms with van der Waals surface area (Å²) in [6.45, 7) is 20.3. The molecule has 0 aliphatic carbocycles. The Kier molecular flexibility index (Phi) is 4.05. The van der Waals surface area contributed by atoms with Crippen molar-refractivity contribution < 1.29 is 9.16 Å². The highest BCUT2D eigenvalue weighted by Gasteiger charge is 2.39. The van der Waals surface area contributed by atoms with Crippen LogP contribution in [0.1, 0.15) is 20.8 Å². The molecule has 0 aromatic rings. The molecule has 1 rings (SSSR count). The second-order valence-corrected chi connectivity index (χ2v) is 10.8. The monoisotopic (exact) mass is 252 g/mol. The Bertz CT molecular complexity index is 359. The van der Waals surface area contributed by atoms with Gasteiger partial charge < -0.3 is 9.16 Å². The molecular weight excluding hydrogens is 228 g/mol. The van der Waals surface area contributed by atoms with Gasteiger partial charge in [-0.15, -0.1) is 0 Å². The molecule has 2 nitrogen and oxygen atoms in total. The Labute approximate surface area is 106 Å². The molecule has 0 atom stereocenters. The molecule has 1 heterocycles. The third-order valence-corrected chi connectivity index (χ3v) is 7.90. The van der Waals surface area contributed by atoms with Gasteiger partial charge in [0.05, 0.1) is 19.0 Å². The fourth-order valence-electron chi connectivity index (χ4n) is 1.33. The van der Waals surface area contributed by atoms with Gasteiger partial charge in [0, 0.05) is 0 Å². The highest BCUT2D eigenvalue weighted by Crippen LogP contribution is 2.38. The largest absolute Gasteiger partial charge is 0.544 e. The van der Waals surface area contributed by atoms with E-state index in [1.54, 1.807) is 0 Å². The standard InChI is InChI=1S/C14H24O2Si/c1-11-9-15-10-13(11)8-12(2)16-17(6,7)14(3,4)5/h8H,1-2,9-10H2,3-7H3/b13-8-. The van der Waals surface area contributed by atoms with Crippen molar-refractivity contribution in [3.8, 4) is 0 Å². The van der Waals surface area contributed by atoms with E-state index in [1.807, 2.05) is 6.08 Å². The Morgan fingerprint density at radius 3 is 2.35 bits per heavy atom. The van der Waals surface area contributed by atoms with E-state index in [2.05, 4.69) is 47.0 Å². The fraction of sp³-hybridized carbons (Fsp3) is 0.571. The number of hydrogen-bond donors (Lipinski definition) is 0. The normalized spacial score (nSPS) is 19.8. The van der Waals surface area contributed by atoms with Crippen molar-refractivity contribution in [2.75, 3.05) is 13.2 Å². The molecule has 3 heteroatoms. The molecule has 0 aromatic heterocycles. The molecule has 0 saturated carbocycles. The molecule has 1 fully saturated rings. The van der Waals surface area contributed by atoms with Gasteiger partial charge in [-0.3, -0.25) is 0 Å². The van der Waals surface area contributed by atoms with Crippen LogP contribution in [0.4, 0.5) is 0 Å². The molecule has 96 valence electrons. The first-order valence-corrected chi connectivity index (χ1v) is 8.89. The maximum Gasteiger partial charge on any atom is 0.250 e. The maximum absolute atomic E-state index is 6.08. The molecular formula is C14H24O2Si.